The highest BCUT2D eigenvalue weighted by Crippen LogP contribution is 2.37. The van der Waals surface area contributed by atoms with E-state index in [0.29, 0.717) is 27.4 Å². The Hall–Kier alpha value is -3.28. The lowest BCUT2D eigenvalue weighted by molar-refractivity contribution is -0.140. The molecule has 0 fully saturated rings. The van der Waals surface area contributed by atoms with Crippen molar-refractivity contribution in [3.63, 3.8) is 0 Å². The van der Waals surface area contributed by atoms with Crippen molar-refractivity contribution in [2.45, 2.75) is 51.5 Å². The molecule has 2 atom stereocenters. The van der Waals surface area contributed by atoms with E-state index in [9.17, 15) is 31.2 Å². The van der Waals surface area contributed by atoms with E-state index in [2.05, 4.69) is 5.32 Å². The van der Waals surface area contributed by atoms with E-state index in [0.717, 1.165) is 24.0 Å². The average molecular weight is 659 g/mol. The Morgan fingerprint density at radius 2 is 1.60 bits per heavy atom. The first kappa shape index (κ1) is 34.2. The molecule has 3 rings (SSSR count). The highest BCUT2D eigenvalue weighted by molar-refractivity contribution is 7.92. The minimum absolute atomic E-state index is 0.0907. The third-order valence-corrected chi connectivity index (χ3v) is 8.44. The largest absolute Gasteiger partial charge is 0.417 e. The van der Waals surface area contributed by atoms with Gasteiger partial charge < -0.3 is 10.2 Å². The van der Waals surface area contributed by atoms with Gasteiger partial charge in [-0.3, -0.25) is 13.9 Å². The number of alkyl halides is 3. The molecular formula is C30H32Cl2F3N3O4S. The van der Waals surface area contributed by atoms with Gasteiger partial charge in [0.2, 0.25) is 21.8 Å². The Morgan fingerprint density at radius 1 is 0.953 bits per heavy atom. The van der Waals surface area contributed by atoms with E-state index in [1.165, 1.54) is 4.90 Å². The second kappa shape index (κ2) is 14.5. The van der Waals surface area contributed by atoms with Gasteiger partial charge in [0.05, 0.1) is 22.5 Å². The summed E-state index contributed by atoms with van der Waals surface area (Å²) >= 11 is 11.9. The van der Waals surface area contributed by atoms with Crippen LogP contribution in [0.3, 0.4) is 0 Å². The molecule has 0 unspecified atom stereocenters. The van der Waals surface area contributed by atoms with Gasteiger partial charge in [0, 0.05) is 24.0 Å². The molecule has 232 valence electrons. The zero-order valence-electron chi connectivity index (χ0n) is 23.7. The first-order valence-corrected chi connectivity index (χ1v) is 15.9. The lowest BCUT2D eigenvalue weighted by atomic mass is 10.0. The quantitative estimate of drug-likeness (QED) is 0.247. The molecule has 0 spiro atoms. The Kier molecular flexibility index (Phi) is 11.5. The molecule has 0 saturated carbocycles. The number of hydrogen-bond donors (Lipinski definition) is 1. The predicted octanol–water partition coefficient (Wildman–Crippen LogP) is 6.33. The molecule has 3 aromatic rings. The van der Waals surface area contributed by atoms with Crippen LogP contribution in [-0.2, 0) is 38.8 Å². The molecule has 13 heteroatoms. The molecule has 43 heavy (non-hydrogen) atoms. The average Bonchev–Trinajstić information content (AvgIpc) is 2.93. The number of rotatable bonds is 12. The minimum atomic E-state index is -4.87. The summed E-state index contributed by atoms with van der Waals surface area (Å²) < 4.78 is 67.1. The summed E-state index contributed by atoms with van der Waals surface area (Å²) in [5, 5.41) is 2.66. The molecule has 0 aliphatic heterocycles. The number of nitrogens with zero attached hydrogens (tertiary/aromatic N) is 2. The molecule has 7 nitrogen and oxygen atoms in total. The predicted molar refractivity (Wildman–Crippen MR) is 162 cm³/mol. The van der Waals surface area contributed by atoms with Crippen LogP contribution < -0.4 is 9.62 Å². The van der Waals surface area contributed by atoms with Crippen LogP contribution in [0.4, 0.5) is 18.9 Å². The van der Waals surface area contributed by atoms with Gasteiger partial charge in [0.25, 0.3) is 0 Å². The number of nitrogens with one attached hydrogen (secondary N) is 1. The summed E-state index contributed by atoms with van der Waals surface area (Å²) in [4.78, 5) is 29.0. The van der Waals surface area contributed by atoms with Crippen molar-refractivity contribution in [3.05, 3.63) is 99.5 Å². The second-order valence-electron chi connectivity index (χ2n) is 10.1. The smallest absolute Gasteiger partial charge is 0.352 e. The zero-order valence-corrected chi connectivity index (χ0v) is 26.1. The highest BCUT2D eigenvalue weighted by atomic mass is 35.5. The maximum atomic E-state index is 14.1. The molecule has 2 amide bonds. The normalized spacial score (nSPS) is 13.2. The van der Waals surface area contributed by atoms with Crippen molar-refractivity contribution < 1.29 is 31.2 Å². The van der Waals surface area contributed by atoms with Gasteiger partial charge in [-0.2, -0.15) is 13.2 Å². The fourth-order valence-electron chi connectivity index (χ4n) is 4.33. The van der Waals surface area contributed by atoms with Crippen molar-refractivity contribution in [3.8, 4) is 0 Å². The lowest BCUT2D eigenvalue weighted by Gasteiger charge is -2.34. The number of sulfonamides is 1. The van der Waals surface area contributed by atoms with Crippen LogP contribution in [0.5, 0.6) is 0 Å². The molecule has 0 aromatic heterocycles. The van der Waals surface area contributed by atoms with Crippen molar-refractivity contribution in [2.75, 3.05) is 17.1 Å². The van der Waals surface area contributed by atoms with Crippen molar-refractivity contribution in [1.29, 1.82) is 0 Å². The zero-order chi connectivity index (χ0) is 31.9. The number of carbonyl (C=O) groups excluding carboxylic acids is 2. The van der Waals surface area contributed by atoms with Crippen LogP contribution in [-0.4, -0.2) is 50.0 Å². The Labute approximate surface area is 259 Å². The molecule has 3 aromatic carbocycles. The standard InChI is InChI=1S/C30H32Cl2F3N3O4S/c1-4-20(2)36-29(40)27(16-21-9-6-5-7-10-21)37(18-22-11-8-12-23(31)15-22)28(39)19-38(43(3,41)42)24-13-14-26(32)25(17-24)30(33,34)35/h5-15,17,20,27H,4,16,18-19H2,1-3H3,(H,36,40)/t20-,27+/m1/s1. The lowest BCUT2D eigenvalue weighted by Crippen LogP contribution is -2.54. The van der Waals surface area contributed by atoms with Crippen LogP contribution in [0.15, 0.2) is 72.8 Å². The number of anilines is 1. The SMILES string of the molecule is CC[C@@H](C)NC(=O)[C@H](Cc1ccccc1)N(Cc1cccc(Cl)c1)C(=O)CN(c1ccc(Cl)c(C(F)(F)F)c1)S(C)(=O)=O. The number of benzene rings is 3. The first-order valence-electron chi connectivity index (χ1n) is 13.3. The van der Waals surface area contributed by atoms with E-state index in [1.807, 2.05) is 13.8 Å². The number of amides is 2. The van der Waals surface area contributed by atoms with Gasteiger partial charge in [-0.05, 0) is 54.8 Å². The number of carbonyl (C=O) groups is 2. The fourth-order valence-corrected chi connectivity index (χ4v) is 5.61. The summed E-state index contributed by atoms with van der Waals surface area (Å²) in [6.45, 7) is 2.69. The van der Waals surface area contributed by atoms with Crippen molar-refractivity contribution >= 4 is 50.7 Å². The van der Waals surface area contributed by atoms with E-state index in [1.54, 1.807) is 54.6 Å². The summed E-state index contributed by atoms with van der Waals surface area (Å²) in [5.74, 6) is -1.28. The van der Waals surface area contributed by atoms with Crippen molar-refractivity contribution in [1.82, 2.24) is 10.2 Å². The third-order valence-electron chi connectivity index (χ3n) is 6.74. The molecule has 1 N–H and O–H groups in total. The monoisotopic (exact) mass is 657 g/mol. The van der Waals surface area contributed by atoms with Crippen molar-refractivity contribution in [2.24, 2.45) is 0 Å². The summed E-state index contributed by atoms with van der Waals surface area (Å²) in [7, 11) is -4.28. The van der Waals surface area contributed by atoms with Crippen LogP contribution in [0.25, 0.3) is 0 Å². The molecule has 0 aliphatic carbocycles. The topological polar surface area (TPSA) is 86.8 Å². The van der Waals surface area contributed by atoms with Gasteiger partial charge in [-0.15, -0.1) is 0 Å². The summed E-state index contributed by atoms with van der Waals surface area (Å²) in [6, 6.07) is 16.8. The van der Waals surface area contributed by atoms with Crippen LogP contribution in [0, 0.1) is 0 Å². The van der Waals surface area contributed by atoms with Gasteiger partial charge in [0.15, 0.2) is 0 Å². The third kappa shape index (κ3) is 9.61. The minimum Gasteiger partial charge on any atom is -0.352 e. The van der Waals surface area contributed by atoms with E-state index in [-0.39, 0.29) is 19.0 Å². The van der Waals surface area contributed by atoms with Crippen LogP contribution >= 0.6 is 23.2 Å². The molecule has 0 aliphatic rings. The van der Waals surface area contributed by atoms with Gasteiger partial charge in [-0.25, -0.2) is 8.42 Å². The Balaban J connectivity index is 2.11. The van der Waals surface area contributed by atoms with E-state index in [4.69, 9.17) is 23.2 Å². The molecule has 0 radical (unpaired) electrons. The van der Waals surface area contributed by atoms with E-state index >= 15 is 0 Å². The molecule has 0 heterocycles. The second-order valence-corrected chi connectivity index (χ2v) is 12.9. The van der Waals surface area contributed by atoms with Gasteiger partial charge >= 0.3 is 6.18 Å². The fraction of sp³-hybridized carbons (Fsp3) is 0.333. The molecule has 0 saturated heterocycles. The van der Waals surface area contributed by atoms with Crippen LogP contribution in [0.1, 0.15) is 37.0 Å². The number of halogens is 5. The highest BCUT2D eigenvalue weighted by Gasteiger charge is 2.36. The number of hydrogen-bond acceptors (Lipinski definition) is 4. The first-order chi connectivity index (χ1) is 20.1. The maximum absolute atomic E-state index is 14.1. The van der Waals surface area contributed by atoms with Gasteiger partial charge in [-0.1, -0.05) is 72.6 Å². The summed E-state index contributed by atoms with van der Waals surface area (Å²) in [6.07, 6.45) is -3.38. The summed E-state index contributed by atoms with van der Waals surface area (Å²) in [5.41, 5.74) is -0.354. The van der Waals surface area contributed by atoms with Gasteiger partial charge in [0.1, 0.15) is 12.6 Å². The Morgan fingerprint density at radius 3 is 2.19 bits per heavy atom. The molecule has 0 bridgehead atoms. The van der Waals surface area contributed by atoms with E-state index < -0.39 is 56.9 Å². The maximum Gasteiger partial charge on any atom is 0.417 e. The van der Waals surface area contributed by atoms with Crippen LogP contribution in [0.2, 0.25) is 10.0 Å². The molecular weight excluding hydrogens is 626 g/mol. The Bertz CT molecular complexity index is 1540.